The van der Waals surface area contributed by atoms with Crippen LogP contribution in [0.15, 0.2) is 30.3 Å². The monoisotopic (exact) mass is 290 g/mol. The standard InChI is InChI=1S/C16H22N2O3/c1-13-16(20)17(9-8-14-6-4-3-5-7-14)12-15(19)18(13)10-11-21-2/h3-7,13H,8-12H2,1-2H3/t13-/m0/s1. The van der Waals surface area contributed by atoms with Gasteiger partial charge in [-0.15, -0.1) is 0 Å². The highest BCUT2D eigenvalue weighted by molar-refractivity contribution is 5.94. The Kier molecular flexibility index (Phi) is 5.33. The van der Waals surface area contributed by atoms with Gasteiger partial charge in [-0.1, -0.05) is 30.3 Å². The summed E-state index contributed by atoms with van der Waals surface area (Å²) in [6.45, 7) is 3.45. The Hall–Kier alpha value is -1.88. The van der Waals surface area contributed by atoms with Crippen molar-refractivity contribution in [2.45, 2.75) is 19.4 Å². The number of hydrogen-bond acceptors (Lipinski definition) is 3. The van der Waals surface area contributed by atoms with E-state index in [1.807, 2.05) is 30.3 Å². The third kappa shape index (κ3) is 3.82. The average Bonchev–Trinajstić information content (AvgIpc) is 2.50. The summed E-state index contributed by atoms with van der Waals surface area (Å²) in [5.74, 6) is 0.00819. The quantitative estimate of drug-likeness (QED) is 0.783. The molecule has 5 nitrogen and oxygen atoms in total. The van der Waals surface area contributed by atoms with Crippen molar-refractivity contribution >= 4 is 11.8 Å². The second-order valence-electron chi connectivity index (χ2n) is 5.25. The number of amides is 2. The zero-order valence-electron chi connectivity index (χ0n) is 12.6. The van der Waals surface area contributed by atoms with E-state index in [0.717, 1.165) is 6.42 Å². The molecule has 2 amide bonds. The maximum Gasteiger partial charge on any atom is 0.245 e. The molecule has 0 radical (unpaired) electrons. The summed E-state index contributed by atoms with van der Waals surface area (Å²) < 4.78 is 4.99. The van der Waals surface area contributed by atoms with E-state index in [0.29, 0.717) is 19.7 Å². The summed E-state index contributed by atoms with van der Waals surface area (Å²) in [4.78, 5) is 27.8. The van der Waals surface area contributed by atoms with E-state index >= 15 is 0 Å². The lowest BCUT2D eigenvalue weighted by Gasteiger charge is -2.38. The molecule has 1 aliphatic rings. The summed E-state index contributed by atoms with van der Waals surface area (Å²) in [6.07, 6.45) is 0.769. The molecular formula is C16H22N2O3. The van der Waals surface area contributed by atoms with Gasteiger partial charge in [0.2, 0.25) is 11.8 Å². The van der Waals surface area contributed by atoms with Crippen LogP contribution in [0.1, 0.15) is 12.5 Å². The van der Waals surface area contributed by atoms with Gasteiger partial charge in [0, 0.05) is 20.2 Å². The number of carbonyl (C=O) groups is 2. The molecule has 0 spiro atoms. The van der Waals surface area contributed by atoms with E-state index in [1.165, 1.54) is 5.56 Å². The molecule has 1 aromatic carbocycles. The lowest BCUT2D eigenvalue weighted by Crippen LogP contribution is -2.59. The predicted molar refractivity (Wildman–Crippen MR) is 79.8 cm³/mol. The Morgan fingerprint density at radius 3 is 2.57 bits per heavy atom. The van der Waals surface area contributed by atoms with Crippen LogP contribution in [0.5, 0.6) is 0 Å². The molecule has 2 rings (SSSR count). The Labute approximate surface area is 125 Å². The van der Waals surface area contributed by atoms with Crippen molar-refractivity contribution < 1.29 is 14.3 Å². The largest absolute Gasteiger partial charge is 0.383 e. The molecule has 1 aromatic rings. The second-order valence-corrected chi connectivity index (χ2v) is 5.25. The lowest BCUT2D eigenvalue weighted by molar-refractivity contribution is -0.155. The fourth-order valence-electron chi connectivity index (χ4n) is 2.55. The van der Waals surface area contributed by atoms with Crippen LogP contribution in [0.4, 0.5) is 0 Å². The number of rotatable bonds is 6. The van der Waals surface area contributed by atoms with E-state index in [-0.39, 0.29) is 18.4 Å². The van der Waals surface area contributed by atoms with Crippen molar-refractivity contribution in [3.05, 3.63) is 35.9 Å². The summed E-state index contributed by atoms with van der Waals surface area (Å²) in [7, 11) is 1.59. The van der Waals surface area contributed by atoms with Crippen molar-refractivity contribution in [3.63, 3.8) is 0 Å². The minimum absolute atomic E-state index is 0.00721. The Morgan fingerprint density at radius 2 is 1.90 bits per heavy atom. The van der Waals surface area contributed by atoms with Crippen LogP contribution in [0.2, 0.25) is 0 Å². The molecule has 0 N–H and O–H groups in total. The molecule has 1 heterocycles. The van der Waals surface area contributed by atoms with Crippen molar-refractivity contribution in [3.8, 4) is 0 Å². The van der Waals surface area contributed by atoms with Crippen LogP contribution in [0, 0.1) is 0 Å². The van der Waals surface area contributed by atoms with Crippen molar-refractivity contribution in [1.82, 2.24) is 9.80 Å². The summed E-state index contributed by atoms with van der Waals surface area (Å²) in [5, 5.41) is 0. The highest BCUT2D eigenvalue weighted by atomic mass is 16.5. The molecule has 21 heavy (non-hydrogen) atoms. The average molecular weight is 290 g/mol. The summed E-state index contributed by atoms with van der Waals surface area (Å²) in [5.41, 5.74) is 1.17. The van der Waals surface area contributed by atoms with Gasteiger partial charge in [0.25, 0.3) is 0 Å². The van der Waals surface area contributed by atoms with Crippen LogP contribution in [-0.4, -0.2) is 61.0 Å². The molecule has 1 saturated heterocycles. The maximum absolute atomic E-state index is 12.4. The number of methoxy groups -OCH3 is 1. The first kappa shape index (κ1) is 15.5. The number of carbonyl (C=O) groups excluding carboxylic acids is 2. The molecule has 0 bridgehead atoms. The molecule has 0 unspecified atom stereocenters. The molecule has 5 heteroatoms. The first-order valence-electron chi connectivity index (χ1n) is 7.24. The van der Waals surface area contributed by atoms with Crippen LogP contribution in [0.25, 0.3) is 0 Å². The number of benzene rings is 1. The molecule has 0 aromatic heterocycles. The first-order chi connectivity index (χ1) is 10.1. The van der Waals surface area contributed by atoms with Gasteiger partial charge in [0.1, 0.15) is 6.04 Å². The Bertz CT molecular complexity index is 490. The summed E-state index contributed by atoms with van der Waals surface area (Å²) in [6, 6.07) is 9.59. The maximum atomic E-state index is 12.4. The van der Waals surface area contributed by atoms with Gasteiger partial charge in [-0.3, -0.25) is 9.59 Å². The fourth-order valence-corrected chi connectivity index (χ4v) is 2.55. The predicted octanol–water partition coefficient (Wildman–Crippen LogP) is 0.935. The topological polar surface area (TPSA) is 49.9 Å². The van der Waals surface area contributed by atoms with E-state index in [9.17, 15) is 9.59 Å². The van der Waals surface area contributed by atoms with Gasteiger partial charge < -0.3 is 14.5 Å². The van der Waals surface area contributed by atoms with Crippen molar-refractivity contribution in [2.75, 3.05) is 33.4 Å². The van der Waals surface area contributed by atoms with Gasteiger partial charge in [0.05, 0.1) is 13.2 Å². The van der Waals surface area contributed by atoms with Crippen LogP contribution in [0.3, 0.4) is 0 Å². The highest BCUT2D eigenvalue weighted by Crippen LogP contribution is 2.13. The number of hydrogen-bond donors (Lipinski definition) is 0. The van der Waals surface area contributed by atoms with Crippen LogP contribution in [-0.2, 0) is 20.7 Å². The van der Waals surface area contributed by atoms with Gasteiger partial charge in [0.15, 0.2) is 0 Å². The first-order valence-corrected chi connectivity index (χ1v) is 7.24. The second kappa shape index (κ2) is 7.22. The molecular weight excluding hydrogens is 268 g/mol. The number of piperazine rings is 1. The van der Waals surface area contributed by atoms with E-state index < -0.39 is 6.04 Å². The van der Waals surface area contributed by atoms with E-state index in [1.54, 1.807) is 23.8 Å². The fraction of sp³-hybridized carbons (Fsp3) is 0.500. The molecule has 1 fully saturated rings. The van der Waals surface area contributed by atoms with Crippen LogP contribution < -0.4 is 0 Å². The van der Waals surface area contributed by atoms with Gasteiger partial charge >= 0.3 is 0 Å². The Morgan fingerprint density at radius 1 is 1.19 bits per heavy atom. The SMILES string of the molecule is COCCN1C(=O)CN(CCc2ccccc2)C(=O)[C@@H]1C. The third-order valence-corrected chi connectivity index (χ3v) is 3.83. The smallest absolute Gasteiger partial charge is 0.245 e. The van der Waals surface area contributed by atoms with Gasteiger partial charge in [-0.2, -0.15) is 0 Å². The third-order valence-electron chi connectivity index (χ3n) is 3.83. The number of ether oxygens (including phenoxy) is 1. The zero-order chi connectivity index (χ0) is 15.2. The zero-order valence-corrected chi connectivity index (χ0v) is 12.6. The molecule has 1 atom stereocenters. The van der Waals surface area contributed by atoms with E-state index in [2.05, 4.69) is 0 Å². The van der Waals surface area contributed by atoms with Crippen molar-refractivity contribution in [2.24, 2.45) is 0 Å². The molecule has 0 aliphatic carbocycles. The minimum Gasteiger partial charge on any atom is -0.383 e. The highest BCUT2D eigenvalue weighted by Gasteiger charge is 2.35. The van der Waals surface area contributed by atoms with E-state index in [4.69, 9.17) is 4.74 Å². The summed E-state index contributed by atoms with van der Waals surface area (Å²) >= 11 is 0. The Balaban J connectivity index is 1.94. The normalized spacial score (nSPS) is 19.2. The van der Waals surface area contributed by atoms with Crippen molar-refractivity contribution in [1.29, 1.82) is 0 Å². The molecule has 1 aliphatic heterocycles. The molecule has 114 valence electrons. The van der Waals surface area contributed by atoms with Gasteiger partial charge in [-0.05, 0) is 18.9 Å². The number of nitrogens with zero attached hydrogens (tertiary/aromatic N) is 2. The van der Waals surface area contributed by atoms with Gasteiger partial charge in [-0.25, -0.2) is 0 Å². The minimum atomic E-state index is -0.405. The molecule has 0 saturated carbocycles. The van der Waals surface area contributed by atoms with Crippen LogP contribution >= 0.6 is 0 Å². The lowest BCUT2D eigenvalue weighted by atomic mass is 10.1.